The minimum absolute atomic E-state index is 0.436. The minimum atomic E-state index is -0.833. The van der Waals surface area contributed by atoms with Crippen LogP contribution in [0.1, 0.15) is 5.56 Å². The Morgan fingerprint density at radius 3 is 2.00 bits per heavy atom. The van der Waals surface area contributed by atoms with Gasteiger partial charge in [-0.3, -0.25) is 10.5 Å². The lowest BCUT2D eigenvalue weighted by molar-refractivity contribution is -0.176. The zero-order valence-electron chi connectivity index (χ0n) is 7.82. The molecule has 1 aromatic heterocycles. The van der Waals surface area contributed by atoms with Crippen LogP contribution in [0.3, 0.4) is 0 Å². The number of rotatable bonds is 0. The molecule has 1 heterocycles. The van der Waals surface area contributed by atoms with Crippen LogP contribution in [0, 0.1) is 6.92 Å². The molecule has 8 heteroatoms. The average Bonchev–Trinajstić information content (AvgIpc) is 2.14. The van der Waals surface area contributed by atoms with E-state index in [0.717, 1.165) is 5.56 Å². The van der Waals surface area contributed by atoms with E-state index in [2.05, 4.69) is 16.5 Å². The van der Waals surface area contributed by atoms with Gasteiger partial charge in [0.2, 0.25) is 0 Å². The molecule has 0 aliphatic rings. The maximum absolute atomic E-state index is 9.00. The van der Waals surface area contributed by atoms with Gasteiger partial charge in [-0.15, -0.1) is 0 Å². The molecule has 6 nitrogen and oxygen atoms in total. The normalized spacial score (nSPS) is 7.80. The summed E-state index contributed by atoms with van der Waals surface area (Å²) >= 11 is 11.1. The molecule has 0 radical (unpaired) electrons. The molecule has 1 rings (SSSR count). The van der Waals surface area contributed by atoms with Crippen molar-refractivity contribution in [2.24, 2.45) is 11.5 Å². The smallest absolute Gasteiger partial charge is 0.309 e. The van der Waals surface area contributed by atoms with Crippen molar-refractivity contribution in [2.45, 2.75) is 6.92 Å². The van der Waals surface area contributed by atoms with Gasteiger partial charge in [0.05, 0.1) is 0 Å². The Balaban J connectivity index is 0. The first-order chi connectivity index (χ1) is 6.93. The average molecular weight is 256 g/mol. The lowest BCUT2D eigenvalue weighted by Crippen LogP contribution is -2.18. The standard InChI is InChI=1S/C6H5Cl2N.CH4N2O.H2O2/c1-4-2-3-5(7)9-6(4)8;2-1(3)4;1-2/h2-3H,1H3;(H4,2,3,4);1-2H. The third kappa shape index (κ3) is 10.8. The van der Waals surface area contributed by atoms with Gasteiger partial charge < -0.3 is 11.5 Å². The minimum Gasteiger partial charge on any atom is -0.352 e. The quantitative estimate of drug-likeness (QED) is 0.320. The highest BCUT2D eigenvalue weighted by molar-refractivity contribution is 6.32. The molecule has 0 bridgehead atoms. The monoisotopic (exact) mass is 255 g/mol. The van der Waals surface area contributed by atoms with E-state index in [0.29, 0.717) is 10.3 Å². The van der Waals surface area contributed by atoms with Gasteiger partial charge in [-0.1, -0.05) is 29.3 Å². The molecule has 0 aromatic carbocycles. The first kappa shape index (κ1) is 16.4. The van der Waals surface area contributed by atoms with E-state index < -0.39 is 6.03 Å². The number of pyridine rings is 1. The van der Waals surface area contributed by atoms with E-state index in [1.165, 1.54) is 0 Å². The topological polar surface area (TPSA) is 122 Å². The molecule has 0 saturated carbocycles. The van der Waals surface area contributed by atoms with Gasteiger partial charge in [0, 0.05) is 0 Å². The van der Waals surface area contributed by atoms with E-state index in [1.54, 1.807) is 6.07 Å². The Morgan fingerprint density at radius 1 is 1.33 bits per heavy atom. The Kier molecular flexibility index (Phi) is 10.3. The highest BCUT2D eigenvalue weighted by Crippen LogP contribution is 2.14. The maximum atomic E-state index is 9.00. The Morgan fingerprint density at radius 2 is 1.73 bits per heavy atom. The number of carbonyl (C=O) groups excluding carboxylic acids is 1. The molecule has 15 heavy (non-hydrogen) atoms. The van der Waals surface area contributed by atoms with E-state index >= 15 is 0 Å². The molecule has 86 valence electrons. The number of amides is 2. The highest BCUT2D eigenvalue weighted by Gasteiger charge is 1.94. The maximum Gasteiger partial charge on any atom is 0.309 e. The molecule has 0 aliphatic heterocycles. The van der Waals surface area contributed by atoms with Crippen LogP contribution in [0.15, 0.2) is 12.1 Å². The molecular formula is C7H11Cl2N3O3. The third-order valence-corrected chi connectivity index (χ3v) is 1.59. The van der Waals surface area contributed by atoms with Crippen molar-refractivity contribution in [2.75, 3.05) is 0 Å². The molecule has 0 spiro atoms. The van der Waals surface area contributed by atoms with Crippen LogP contribution in [0.2, 0.25) is 10.3 Å². The predicted molar refractivity (Wildman–Crippen MR) is 58.0 cm³/mol. The van der Waals surface area contributed by atoms with Gasteiger partial charge in [0.1, 0.15) is 10.3 Å². The summed E-state index contributed by atoms with van der Waals surface area (Å²) in [6.07, 6.45) is 0. The summed E-state index contributed by atoms with van der Waals surface area (Å²) in [4.78, 5) is 12.8. The molecule has 2 amide bonds. The molecule has 6 N–H and O–H groups in total. The van der Waals surface area contributed by atoms with Gasteiger partial charge in [0.25, 0.3) is 0 Å². The molecular weight excluding hydrogens is 245 g/mol. The van der Waals surface area contributed by atoms with Gasteiger partial charge >= 0.3 is 6.03 Å². The fraction of sp³-hybridized carbons (Fsp3) is 0.143. The fourth-order valence-corrected chi connectivity index (χ4v) is 0.827. The number of aromatic nitrogens is 1. The molecule has 0 atom stereocenters. The number of hydrogen-bond acceptors (Lipinski definition) is 4. The summed E-state index contributed by atoms with van der Waals surface area (Å²) in [5, 5.41) is 12.9. The summed E-state index contributed by atoms with van der Waals surface area (Å²) in [6, 6.07) is 2.71. The van der Waals surface area contributed by atoms with E-state index in [9.17, 15) is 0 Å². The van der Waals surface area contributed by atoms with Crippen molar-refractivity contribution in [1.29, 1.82) is 0 Å². The van der Waals surface area contributed by atoms with Gasteiger partial charge in [0.15, 0.2) is 0 Å². The van der Waals surface area contributed by atoms with Crippen LogP contribution < -0.4 is 11.5 Å². The summed E-state index contributed by atoms with van der Waals surface area (Å²) in [6.45, 7) is 1.88. The number of aryl methyl sites for hydroxylation is 1. The molecule has 0 saturated heterocycles. The van der Waals surface area contributed by atoms with E-state index in [-0.39, 0.29) is 0 Å². The second-order valence-electron chi connectivity index (χ2n) is 2.14. The number of urea groups is 1. The zero-order valence-corrected chi connectivity index (χ0v) is 9.33. The van der Waals surface area contributed by atoms with Crippen LogP contribution in [0.4, 0.5) is 4.79 Å². The predicted octanol–water partition coefficient (Wildman–Crippen LogP) is 1.74. The van der Waals surface area contributed by atoms with E-state index in [1.807, 2.05) is 13.0 Å². The number of hydrogen-bond donors (Lipinski definition) is 4. The van der Waals surface area contributed by atoms with Gasteiger partial charge in [-0.05, 0) is 18.6 Å². The number of nitrogens with two attached hydrogens (primary N) is 2. The fourth-order valence-electron chi connectivity index (χ4n) is 0.482. The lowest BCUT2D eigenvalue weighted by Gasteiger charge is -1.93. The summed E-state index contributed by atoms with van der Waals surface area (Å²) in [5.41, 5.74) is 9.45. The van der Waals surface area contributed by atoms with Crippen molar-refractivity contribution < 1.29 is 15.3 Å². The van der Waals surface area contributed by atoms with Crippen LogP contribution in [-0.2, 0) is 0 Å². The van der Waals surface area contributed by atoms with Gasteiger partial charge in [-0.2, -0.15) is 0 Å². The Bertz CT molecular complexity index is 306. The van der Waals surface area contributed by atoms with Gasteiger partial charge in [-0.25, -0.2) is 9.78 Å². The number of primary amides is 2. The third-order valence-electron chi connectivity index (χ3n) is 1.00. The lowest BCUT2D eigenvalue weighted by atomic mass is 10.3. The van der Waals surface area contributed by atoms with Crippen LogP contribution in [0.25, 0.3) is 0 Å². The number of carbonyl (C=O) groups is 1. The zero-order chi connectivity index (χ0) is 12.4. The molecule has 0 aliphatic carbocycles. The van der Waals surface area contributed by atoms with E-state index in [4.69, 9.17) is 38.5 Å². The molecule has 0 unspecified atom stereocenters. The van der Waals surface area contributed by atoms with Crippen molar-refractivity contribution >= 4 is 29.2 Å². The first-order valence-corrected chi connectivity index (χ1v) is 4.22. The summed E-state index contributed by atoms with van der Waals surface area (Å²) < 4.78 is 0. The second kappa shape index (κ2) is 9.47. The summed E-state index contributed by atoms with van der Waals surface area (Å²) in [7, 11) is 0. The molecule has 0 fully saturated rings. The largest absolute Gasteiger partial charge is 0.352 e. The first-order valence-electron chi connectivity index (χ1n) is 3.47. The van der Waals surface area contributed by atoms with Crippen molar-refractivity contribution in [3.05, 3.63) is 28.0 Å². The molecule has 1 aromatic rings. The second-order valence-corrected chi connectivity index (χ2v) is 2.89. The number of halogens is 2. The van der Waals surface area contributed by atoms with Crippen LogP contribution in [-0.4, -0.2) is 21.5 Å². The highest BCUT2D eigenvalue weighted by atomic mass is 35.5. The van der Waals surface area contributed by atoms with Crippen LogP contribution >= 0.6 is 23.2 Å². The van der Waals surface area contributed by atoms with Crippen molar-refractivity contribution in [3.8, 4) is 0 Å². The number of nitrogens with zero attached hydrogens (tertiary/aromatic N) is 1. The summed E-state index contributed by atoms with van der Waals surface area (Å²) in [5.74, 6) is 0. The Labute approximate surface area is 96.4 Å². The SMILES string of the molecule is Cc1ccc(Cl)nc1Cl.NC(N)=O.OO. The Hall–Kier alpha value is -1.08. The van der Waals surface area contributed by atoms with Crippen molar-refractivity contribution in [3.63, 3.8) is 0 Å². The van der Waals surface area contributed by atoms with Crippen LogP contribution in [0.5, 0.6) is 0 Å². The van der Waals surface area contributed by atoms with Crippen molar-refractivity contribution in [1.82, 2.24) is 4.98 Å².